The van der Waals surface area contributed by atoms with Gasteiger partial charge in [0.25, 0.3) is 5.91 Å². The Hall–Kier alpha value is -1.61. The van der Waals surface area contributed by atoms with E-state index in [1.807, 2.05) is 12.1 Å². The highest BCUT2D eigenvalue weighted by atomic mass is 32.1. The molecule has 3 heteroatoms. The molecule has 0 radical (unpaired) electrons. The lowest BCUT2D eigenvalue weighted by Gasteiger charge is -2.19. The monoisotopic (exact) mass is 313 g/mol. The molecule has 1 aliphatic carbocycles. The van der Waals surface area contributed by atoms with Gasteiger partial charge in [-0.25, -0.2) is 0 Å². The average molecular weight is 313 g/mol. The molecule has 3 rings (SSSR count). The third-order valence-corrected chi connectivity index (χ3v) is 5.47. The van der Waals surface area contributed by atoms with E-state index < -0.39 is 0 Å². The normalized spacial score (nSPS) is 14.5. The summed E-state index contributed by atoms with van der Waals surface area (Å²) in [6.45, 7) is 6.57. The number of amides is 1. The smallest absolute Gasteiger partial charge is 0.265 e. The summed E-state index contributed by atoms with van der Waals surface area (Å²) in [7, 11) is 0. The number of rotatable bonds is 2. The summed E-state index contributed by atoms with van der Waals surface area (Å²) in [5, 5.41) is 3.02. The third kappa shape index (κ3) is 3.25. The number of benzene rings is 1. The molecule has 0 bridgehead atoms. The molecule has 0 unspecified atom stereocenters. The van der Waals surface area contributed by atoms with E-state index in [9.17, 15) is 4.79 Å². The number of anilines is 1. The molecule has 0 saturated carbocycles. The second kappa shape index (κ2) is 5.88. The van der Waals surface area contributed by atoms with Gasteiger partial charge in [0, 0.05) is 10.6 Å². The molecular formula is C19H23NOS. The Kier molecular flexibility index (Phi) is 4.09. The Labute approximate surface area is 136 Å². The summed E-state index contributed by atoms with van der Waals surface area (Å²) >= 11 is 1.66. The van der Waals surface area contributed by atoms with Gasteiger partial charge >= 0.3 is 0 Å². The number of nitrogens with one attached hydrogen (secondary N) is 1. The molecule has 0 aliphatic heterocycles. The minimum Gasteiger partial charge on any atom is -0.321 e. The van der Waals surface area contributed by atoms with E-state index in [1.54, 1.807) is 11.3 Å². The maximum Gasteiger partial charge on any atom is 0.265 e. The molecule has 116 valence electrons. The van der Waals surface area contributed by atoms with Gasteiger partial charge in [0.2, 0.25) is 0 Å². The number of thiophene rings is 1. The van der Waals surface area contributed by atoms with Crippen molar-refractivity contribution < 1.29 is 4.79 Å². The van der Waals surface area contributed by atoms with E-state index in [2.05, 4.69) is 44.3 Å². The van der Waals surface area contributed by atoms with Crippen LogP contribution >= 0.6 is 11.3 Å². The number of carbonyl (C=O) groups excluding carboxylic acids is 1. The van der Waals surface area contributed by atoms with Crippen molar-refractivity contribution in [3.8, 4) is 0 Å². The fraction of sp³-hybridized carbons (Fsp3) is 0.421. The summed E-state index contributed by atoms with van der Waals surface area (Å²) in [4.78, 5) is 14.7. The topological polar surface area (TPSA) is 29.1 Å². The highest BCUT2D eigenvalue weighted by molar-refractivity contribution is 7.14. The minimum atomic E-state index is 0.0166. The van der Waals surface area contributed by atoms with Crippen molar-refractivity contribution in [3.05, 3.63) is 51.2 Å². The van der Waals surface area contributed by atoms with Crippen molar-refractivity contribution in [2.75, 3.05) is 5.32 Å². The lowest BCUT2D eigenvalue weighted by Crippen LogP contribution is -2.12. The van der Waals surface area contributed by atoms with Crippen LogP contribution in [0.15, 0.2) is 30.3 Å². The van der Waals surface area contributed by atoms with E-state index in [4.69, 9.17) is 0 Å². The maximum atomic E-state index is 12.4. The summed E-state index contributed by atoms with van der Waals surface area (Å²) in [5.41, 5.74) is 3.65. The first kappa shape index (κ1) is 15.3. The predicted molar refractivity (Wildman–Crippen MR) is 94.1 cm³/mol. The lowest BCUT2D eigenvalue weighted by molar-refractivity contribution is 0.103. The van der Waals surface area contributed by atoms with Gasteiger partial charge in [-0.2, -0.15) is 0 Å². The number of fused-ring (bicyclic) bond motifs is 1. The molecule has 1 aromatic heterocycles. The molecule has 2 nitrogen and oxygen atoms in total. The van der Waals surface area contributed by atoms with Crippen LogP contribution < -0.4 is 5.32 Å². The molecule has 0 atom stereocenters. The second-order valence-corrected chi connectivity index (χ2v) is 8.18. The first-order valence-electron chi connectivity index (χ1n) is 7.97. The Bertz CT molecular complexity index is 653. The average Bonchev–Trinajstić information content (AvgIpc) is 2.91. The number of aryl methyl sites for hydroxylation is 2. The molecule has 1 aromatic carbocycles. The van der Waals surface area contributed by atoms with Crippen LogP contribution in [0.2, 0.25) is 0 Å². The van der Waals surface area contributed by atoms with Crippen molar-refractivity contribution >= 4 is 22.9 Å². The van der Waals surface area contributed by atoms with Crippen LogP contribution in [0, 0.1) is 0 Å². The summed E-state index contributed by atoms with van der Waals surface area (Å²) in [6, 6.07) is 10.3. The molecule has 1 N–H and O–H groups in total. The van der Waals surface area contributed by atoms with Crippen LogP contribution in [-0.2, 0) is 18.3 Å². The third-order valence-electron chi connectivity index (χ3n) is 4.23. The molecule has 1 amide bonds. The zero-order valence-corrected chi connectivity index (χ0v) is 14.3. The van der Waals surface area contributed by atoms with Gasteiger partial charge in [-0.15, -0.1) is 11.3 Å². The zero-order valence-electron chi connectivity index (χ0n) is 13.5. The van der Waals surface area contributed by atoms with Crippen molar-refractivity contribution in [2.45, 2.75) is 51.9 Å². The van der Waals surface area contributed by atoms with Crippen LogP contribution in [-0.4, -0.2) is 5.91 Å². The van der Waals surface area contributed by atoms with Crippen LogP contribution in [0.3, 0.4) is 0 Å². The number of hydrogen-bond acceptors (Lipinski definition) is 2. The summed E-state index contributed by atoms with van der Waals surface area (Å²) in [5.74, 6) is 0.0166. The van der Waals surface area contributed by atoms with Crippen LogP contribution in [0.4, 0.5) is 5.69 Å². The molecule has 0 spiro atoms. The Morgan fingerprint density at radius 1 is 1.09 bits per heavy atom. The molecule has 0 saturated heterocycles. The summed E-state index contributed by atoms with van der Waals surface area (Å²) in [6.07, 6.45) is 4.76. The molecule has 1 aliphatic rings. The predicted octanol–water partition coefficient (Wildman–Crippen LogP) is 5.18. The van der Waals surface area contributed by atoms with E-state index in [-0.39, 0.29) is 11.3 Å². The van der Waals surface area contributed by atoms with Gasteiger partial charge in [-0.3, -0.25) is 4.79 Å². The standard InChI is InChI=1S/C19H23NOS/c1-19(2,3)14-8-10-15(11-9-14)20-18(21)17-12-13-6-4-5-7-16(13)22-17/h8-12H,4-7H2,1-3H3,(H,20,21). The second-order valence-electron chi connectivity index (χ2n) is 7.05. The first-order chi connectivity index (χ1) is 10.4. The van der Waals surface area contributed by atoms with Crippen LogP contribution in [0.5, 0.6) is 0 Å². The van der Waals surface area contributed by atoms with E-state index in [0.717, 1.165) is 23.4 Å². The van der Waals surface area contributed by atoms with Gasteiger partial charge in [-0.05, 0) is 60.4 Å². The van der Waals surface area contributed by atoms with Gasteiger partial charge < -0.3 is 5.32 Å². The van der Waals surface area contributed by atoms with E-state index in [0.29, 0.717) is 0 Å². The fourth-order valence-corrected chi connectivity index (χ4v) is 4.00. The first-order valence-corrected chi connectivity index (χ1v) is 8.78. The Morgan fingerprint density at radius 3 is 2.41 bits per heavy atom. The molecule has 0 fully saturated rings. The van der Waals surface area contributed by atoms with Crippen molar-refractivity contribution in [1.82, 2.24) is 0 Å². The van der Waals surface area contributed by atoms with Gasteiger partial charge in [0.05, 0.1) is 4.88 Å². The lowest BCUT2D eigenvalue weighted by atomic mass is 9.87. The van der Waals surface area contributed by atoms with E-state index >= 15 is 0 Å². The maximum absolute atomic E-state index is 12.4. The summed E-state index contributed by atoms with van der Waals surface area (Å²) < 4.78 is 0. The van der Waals surface area contributed by atoms with Gasteiger partial charge in [-0.1, -0.05) is 32.9 Å². The quantitative estimate of drug-likeness (QED) is 0.813. The Balaban J connectivity index is 1.72. The highest BCUT2D eigenvalue weighted by Crippen LogP contribution is 2.30. The van der Waals surface area contributed by atoms with Crippen LogP contribution in [0.1, 0.15) is 59.3 Å². The highest BCUT2D eigenvalue weighted by Gasteiger charge is 2.18. The largest absolute Gasteiger partial charge is 0.321 e. The molecular weight excluding hydrogens is 290 g/mol. The van der Waals surface area contributed by atoms with Crippen molar-refractivity contribution in [2.24, 2.45) is 0 Å². The van der Waals surface area contributed by atoms with Gasteiger partial charge in [0.15, 0.2) is 0 Å². The SMILES string of the molecule is CC(C)(C)c1ccc(NC(=O)c2cc3c(s2)CCCC3)cc1. The molecule has 2 aromatic rings. The van der Waals surface area contributed by atoms with Crippen molar-refractivity contribution in [3.63, 3.8) is 0 Å². The zero-order chi connectivity index (χ0) is 15.7. The number of hydrogen-bond donors (Lipinski definition) is 1. The minimum absolute atomic E-state index is 0.0166. The van der Waals surface area contributed by atoms with E-state index in [1.165, 1.54) is 28.8 Å². The molecule has 1 heterocycles. The Morgan fingerprint density at radius 2 is 1.77 bits per heavy atom. The van der Waals surface area contributed by atoms with Crippen LogP contribution in [0.25, 0.3) is 0 Å². The number of carbonyl (C=O) groups is 1. The van der Waals surface area contributed by atoms with Gasteiger partial charge in [0.1, 0.15) is 0 Å². The van der Waals surface area contributed by atoms with Crippen molar-refractivity contribution in [1.29, 1.82) is 0 Å². The molecule has 22 heavy (non-hydrogen) atoms. The fourth-order valence-electron chi connectivity index (χ4n) is 2.85.